The standard InChI is InChI=1S/C17H16Cl2FNO3/c1-2-21-14-5-3-4-11(16(14)20)9-24-17-12(18)6-10(7-13(17)19)8-15(22)23/h3-7,21H,2,8-9H2,1H3,(H,22,23). The fraction of sp³-hybridized carbons (Fsp3) is 0.235. The summed E-state index contributed by atoms with van der Waals surface area (Å²) in [5, 5.41) is 12.1. The van der Waals surface area contributed by atoms with Gasteiger partial charge in [0.05, 0.1) is 22.2 Å². The summed E-state index contributed by atoms with van der Waals surface area (Å²) in [5.74, 6) is -1.19. The van der Waals surface area contributed by atoms with Crippen molar-refractivity contribution in [2.75, 3.05) is 11.9 Å². The van der Waals surface area contributed by atoms with Crippen LogP contribution in [-0.2, 0) is 17.8 Å². The van der Waals surface area contributed by atoms with Crippen molar-refractivity contribution in [1.29, 1.82) is 0 Å². The molecule has 0 atom stereocenters. The lowest BCUT2D eigenvalue weighted by Crippen LogP contribution is -2.05. The highest BCUT2D eigenvalue weighted by Crippen LogP contribution is 2.35. The van der Waals surface area contributed by atoms with Crippen LogP contribution in [0.2, 0.25) is 10.0 Å². The lowest BCUT2D eigenvalue weighted by atomic mass is 10.1. The van der Waals surface area contributed by atoms with Crippen LogP contribution in [0.1, 0.15) is 18.1 Å². The normalized spacial score (nSPS) is 10.5. The Morgan fingerprint density at radius 3 is 2.54 bits per heavy atom. The van der Waals surface area contributed by atoms with Gasteiger partial charge in [0.15, 0.2) is 11.6 Å². The molecule has 0 aliphatic carbocycles. The Morgan fingerprint density at radius 1 is 1.29 bits per heavy atom. The Hall–Kier alpha value is -1.98. The third kappa shape index (κ3) is 4.52. The van der Waals surface area contributed by atoms with Crippen LogP contribution in [0.4, 0.5) is 10.1 Å². The number of hydrogen-bond donors (Lipinski definition) is 2. The first-order chi connectivity index (χ1) is 11.4. The molecule has 0 aromatic heterocycles. The first kappa shape index (κ1) is 18.4. The van der Waals surface area contributed by atoms with Crippen molar-refractivity contribution in [3.05, 3.63) is 57.3 Å². The fourth-order valence-electron chi connectivity index (χ4n) is 2.20. The number of carbonyl (C=O) groups is 1. The number of halogens is 3. The molecule has 0 fully saturated rings. The van der Waals surface area contributed by atoms with Gasteiger partial charge in [-0.15, -0.1) is 0 Å². The van der Waals surface area contributed by atoms with Crippen LogP contribution in [0, 0.1) is 5.82 Å². The van der Waals surface area contributed by atoms with Gasteiger partial charge in [0, 0.05) is 12.1 Å². The average Bonchev–Trinajstić information content (AvgIpc) is 2.49. The van der Waals surface area contributed by atoms with Crippen LogP contribution in [-0.4, -0.2) is 17.6 Å². The zero-order valence-corrected chi connectivity index (χ0v) is 14.4. The van der Waals surface area contributed by atoms with Crippen molar-refractivity contribution in [1.82, 2.24) is 0 Å². The second-order valence-electron chi connectivity index (χ2n) is 5.06. The van der Waals surface area contributed by atoms with E-state index in [-0.39, 0.29) is 28.8 Å². The summed E-state index contributed by atoms with van der Waals surface area (Å²) in [6.45, 7) is 2.42. The summed E-state index contributed by atoms with van der Waals surface area (Å²) in [5.41, 5.74) is 1.22. The molecule has 2 aromatic rings. The lowest BCUT2D eigenvalue weighted by molar-refractivity contribution is -0.136. The molecule has 24 heavy (non-hydrogen) atoms. The number of carboxylic acids is 1. The van der Waals surface area contributed by atoms with Gasteiger partial charge in [-0.25, -0.2) is 4.39 Å². The third-order valence-corrected chi connectivity index (χ3v) is 3.79. The van der Waals surface area contributed by atoms with Gasteiger partial charge in [-0.05, 0) is 30.7 Å². The maximum atomic E-state index is 14.3. The zero-order valence-electron chi connectivity index (χ0n) is 12.9. The zero-order chi connectivity index (χ0) is 17.7. The number of hydrogen-bond acceptors (Lipinski definition) is 3. The second-order valence-corrected chi connectivity index (χ2v) is 5.87. The number of carboxylic acid groups (broad SMARTS) is 1. The number of nitrogens with one attached hydrogen (secondary N) is 1. The predicted molar refractivity (Wildman–Crippen MR) is 92.7 cm³/mol. The number of rotatable bonds is 7. The largest absolute Gasteiger partial charge is 0.486 e. The van der Waals surface area contributed by atoms with E-state index in [1.54, 1.807) is 18.2 Å². The number of aliphatic carboxylic acids is 1. The van der Waals surface area contributed by atoms with E-state index in [1.807, 2.05) is 6.92 Å². The highest BCUT2D eigenvalue weighted by Gasteiger charge is 2.14. The van der Waals surface area contributed by atoms with E-state index in [1.165, 1.54) is 12.1 Å². The van der Waals surface area contributed by atoms with Crippen molar-refractivity contribution in [2.45, 2.75) is 20.0 Å². The van der Waals surface area contributed by atoms with E-state index in [0.29, 0.717) is 23.4 Å². The second kappa shape index (κ2) is 8.22. The minimum Gasteiger partial charge on any atom is -0.486 e. The predicted octanol–water partition coefficient (Wildman–Crippen LogP) is 4.77. The topological polar surface area (TPSA) is 58.6 Å². The minimum absolute atomic E-state index is 0.0528. The van der Waals surface area contributed by atoms with E-state index in [2.05, 4.69) is 5.32 Å². The minimum atomic E-state index is -0.988. The maximum Gasteiger partial charge on any atom is 0.307 e. The van der Waals surface area contributed by atoms with Crippen LogP contribution in [0.5, 0.6) is 5.75 Å². The van der Waals surface area contributed by atoms with Crippen molar-refractivity contribution in [3.63, 3.8) is 0 Å². The monoisotopic (exact) mass is 371 g/mol. The van der Waals surface area contributed by atoms with Gasteiger partial charge in [-0.2, -0.15) is 0 Å². The molecule has 4 nitrogen and oxygen atoms in total. The number of ether oxygens (including phenoxy) is 1. The molecule has 0 saturated carbocycles. The van der Waals surface area contributed by atoms with E-state index < -0.39 is 11.8 Å². The molecule has 128 valence electrons. The molecule has 0 spiro atoms. The molecule has 0 aliphatic heterocycles. The molecule has 7 heteroatoms. The van der Waals surface area contributed by atoms with Crippen LogP contribution >= 0.6 is 23.2 Å². The van der Waals surface area contributed by atoms with Crippen LogP contribution in [0.3, 0.4) is 0 Å². The van der Waals surface area contributed by atoms with E-state index in [0.717, 1.165) is 0 Å². The summed E-state index contributed by atoms with van der Waals surface area (Å²) >= 11 is 12.2. The summed E-state index contributed by atoms with van der Waals surface area (Å²) in [7, 11) is 0. The highest BCUT2D eigenvalue weighted by atomic mass is 35.5. The molecule has 2 aromatic carbocycles. The van der Waals surface area contributed by atoms with E-state index >= 15 is 0 Å². The molecule has 0 heterocycles. The first-order valence-corrected chi connectivity index (χ1v) is 8.01. The summed E-state index contributed by atoms with van der Waals surface area (Å²) in [4.78, 5) is 10.7. The Labute approximate surface area is 149 Å². The van der Waals surface area contributed by atoms with E-state index in [9.17, 15) is 9.18 Å². The fourth-order valence-corrected chi connectivity index (χ4v) is 2.84. The van der Waals surface area contributed by atoms with Crippen molar-refractivity contribution in [2.24, 2.45) is 0 Å². The van der Waals surface area contributed by atoms with Gasteiger partial charge >= 0.3 is 5.97 Å². The van der Waals surface area contributed by atoms with Gasteiger partial charge in [-0.1, -0.05) is 35.3 Å². The Kier molecular flexibility index (Phi) is 6.29. The van der Waals surface area contributed by atoms with Crippen LogP contribution in [0.15, 0.2) is 30.3 Å². The number of anilines is 1. The Balaban J connectivity index is 2.18. The third-order valence-electron chi connectivity index (χ3n) is 3.23. The SMILES string of the molecule is CCNc1cccc(COc2c(Cl)cc(CC(=O)O)cc2Cl)c1F. The lowest BCUT2D eigenvalue weighted by Gasteiger charge is -2.13. The van der Waals surface area contributed by atoms with Crippen LogP contribution < -0.4 is 10.1 Å². The van der Waals surface area contributed by atoms with Gasteiger partial charge < -0.3 is 15.2 Å². The van der Waals surface area contributed by atoms with Gasteiger partial charge in [-0.3, -0.25) is 4.79 Å². The molecule has 0 radical (unpaired) electrons. The molecule has 2 rings (SSSR count). The molecular formula is C17H16Cl2FNO3. The summed E-state index contributed by atoms with van der Waals surface area (Å²) in [6, 6.07) is 7.92. The molecule has 0 amide bonds. The smallest absolute Gasteiger partial charge is 0.307 e. The van der Waals surface area contributed by atoms with Crippen LogP contribution in [0.25, 0.3) is 0 Å². The molecular weight excluding hydrogens is 356 g/mol. The highest BCUT2D eigenvalue weighted by molar-refractivity contribution is 6.37. The quantitative estimate of drug-likeness (QED) is 0.735. The summed E-state index contributed by atoms with van der Waals surface area (Å²) < 4.78 is 19.8. The van der Waals surface area contributed by atoms with Crippen molar-refractivity contribution >= 4 is 34.9 Å². The van der Waals surface area contributed by atoms with E-state index in [4.69, 9.17) is 33.0 Å². The molecule has 0 aliphatic rings. The van der Waals surface area contributed by atoms with Gasteiger partial charge in [0.1, 0.15) is 6.61 Å². The molecule has 0 saturated heterocycles. The Bertz CT molecular complexity index is 730. The Morgan fingerprint density at radius 2 is 1.96 bits per heavy atom. The maximum absolute atomic E-state index is 14.3. The molecule has 0 unspecified atom stereocenters. The molecule has 0 bridgehead atoms. The first-order valence-electron chi connectivity index (χ1n) is 7.26. The van der Waals surface area contributed by atoms with Crippen molar-refractivity contribution in [3.8, 4) is 5.75 Å². The van der Waals surface area contributed by atoms with Crippen molar-refractivity contribution < 1.29 is 19.0 Å². The van der Waals surface area contributed by atoms with Gasteiger partial charge in [0.2, 0.25) is 0 Å². The average molecular weight is 372 g/mol. The molecule has 2 N–H and O–H groups in total. The van der Waals surface area contributed by atoms with Gasteiger partial charge in [0.25, 0.3) is 0 Å². The number of benzene rings is 2. The summed E-state index contributed by atoms with van der Waals surface area (Å²) in [6.07, 6.45) is -0.195.